The fourth-order valence-corrected chi connectivity index (χ4v) is 1.89. The number of rotatable bonds is 0. The van der Waals surface area contributed by atoms with Crippen LogP contribution in [0.1, 0.15) is 18.4 Å². The maximum absolute atomic E-state index is 11.3. The Morgan fingerprint density at radius 2 is 2.25 bits per heavy atom. The lowest BCUT2D eigenvalue weighted by molar-refractivity contribution is -0.116. The molecule has 1 N–H and O–H groups in total. The maximum Gasteiger partial charge on any atom is 0.231 e. The summed E-state index contributed by atoms with van der Waals surface area (Å²) in [5.41, 5.74) is 2.00. The molecular formula is C9H8BrNO. The number of hydrogen-bond donors (Lipinski definition) is 1. The predicted octanol–water partition coefficient (Wildman–Crippen LogP) is 2.50. The Labute approximate surface area is 79.1 Å². The minimum Gasteiger partial charge on any atom is -0.324 e. The van der Waals surface area contributed by atoms with Gasteiger partial charge in [-0.15, -0.1) is 0 Å². The number of carbonyl (C=O) groups is 1. The summed E-state index contributed by atoms with van der Waals surface area (Å²) in [6, 6.07) is 5.85. The summed E-state index contributed by atoms with van der Waals surface area (Å²) in [7, 11) is 0. The molecule has 0 aromatic heterocycles. The van der Waals surface area contributed by atoms with Crippen molar-refractivity contribution in [2.24, 2.45) is 0 Å². The smallest absolute Gasteiger partial charge is 0.231 e. The number of carbonyl (C=O) groups excluding carboxylic acids is 1. The van der Waals surface area contributed by atoms with Crippen LogP contribution in [0.3, 0.4) is 0 Å². The van der Waals surface area contributed by atoms with Crippen LogP contribution in [0, 0.1) is 0 Å². The minimum absolute atomic E-state index is 0.0162. The molecule has 0 saturated heterocycles. The zero-order valence-electron chi connectivity index (χ0n) is 6.60. The summed E-state index contributed by atoms with van der Waals surface area (Å²) in [6.45, 7) is 1.91. The van der Waals surface area contributed by atoms with Crippen molar-refractivity contribution in [2.75, 3.05) is 5.32 Å². The van der Waals surface area contributed by atoms with Gasteiger partial charge in [-0.1, -0.05) is 12.1 Å². The highest BCUT2D eigenvalue weighted by Gasteiger charge is 2.27. The van der Waals surface area contributed by atoms with Gasteiger partial charge in [-0.2, -0.15) is 0 Å². The summed E-state index contributed by atoms with van der Waals surface area (Å²) in [4.78, 5) is 11.3. The van der Waals surface area contributed by atoms with Crippen LogP contribution >= 0.6 is 15.9 Å². The van der Waals surface area contributed by atoms with Crippen LogP contribution in [0.15, 0.2) is 22.7 Å². The van der Waals surface area contributed by atoms with Crippen molar-refractivity contribution in [1.29, 1.82) is 0 Å². The first kappa shape index (κ1) is 7.80. The largest absolute Gasteiger partial charge is 0.324 e. The molecule has 1 heterocycles. The van der Waals surface area contributed by atoms with Crippen molar-refractivity contribution in [2.45, 2.75) is 12.8 Å². The number of benzene rings is 1. The van der Waals surface area contributed by atoms with E-state index in [0.717, 1.165) is 15.7 Å². The molecule has 0 bridgehead atoms. The van der Waals surface area contributed by atoms with Gasteiger partial charge in [-0.05, 0) is 34.5 Å². The molecule has 1 aliphatic rings. The van der Waals surface area contributed by atoms with E-state index in [1.807, 2.05) is 25.1 Å². The Hall–Kier alpha value is -0.830. The summed E-state index contributed by atoms with van der Waals surface area (Å²) in [5, 5.41) is 2.83. The fraction of sp³-hybridized carbons (Fsp3) is 0.222. The fourth-order valence-electron chi connectivity index (χ4n) is 1.41. The average Bonchev–Trinajstić information content (AvgIpc) is 2.32. The van der Waals surface area contributed by atoms with Crippen molar-refractivity contribution >= 4 is 27.5 Å². The number of hydrogen-bond acceptors (Lipinski definition) is 1. The molecular weight excluding hydrogens is 218 g/mol. The lowest BCUT2D eigenvalue weighted by Gasteiger charge is -2.00. The molecule has 1 aromatic rings. The van der Waals surface area contributed by atoms with E-state index in [4.69, 9.17) is 0 Å². The summed E-state index contributed by atoms with van der Waals surface area (Å²) in [6.07, 6.45) is 0. The van der Waals surface area contributed by atoms with Crippen LogP contribution in [0.2, 0.25) is 0 Å². The number of para-hydroxylation sites is 1. The van der Waals surface area contributed by atoms with Gasteiger partial charge in [0, 0.05) is 4.47 Å². The SMILES string of the molecule is CC1C(=O)Nc2c(Br)cccc21. The quantitative estimate of drug-likeness (QED) is 0.723. The highest BCUT2D eigenvalue weighted by Crippen LogP contribution is 2.37. The summed E-state index contributed by atoms with van der Waals surface area (Å²) < 4.78 is 0.956. The first-order valence-electron chi connectivity index (χ1n) is 3.79. The standard InChI is InChI=1S/C9H8BrNO/c1-5-6-3-2-4-7(10)8(6)11-9(5)12/h2-5H,1H3,(H,11,12). The molecule has 0 spiro atoms. The molecule has 1 amide bonds. The van der Waals surface area contributed by atoms with Gasteiger partial charge < -0.3 is 5.32 Å². The van der Waals surface area contributed by atoms with E-state index in [0.29, 0.717) is 0 Å². The third kappa shape index (κ3) is 0.966. The molecule has 1 unspecified atom stereocenters. The second-order valence-corrected chi connectivity index (χ2v) is 3.77. The molecule has 2 nitrogen and oxygen atoms in total. The second kappa shape index (κ2) is 2.59. The van der Waals surface area contributed by atoms with Crippen LogP contribution in [0.5, 0.6) is 0 Å². The van der Waals surface area contributed by atoms with E-state index in [-0.39, 0.29) is 11.8 Å². The van der Waals surface area contributed by atoms with Crippen LogP contribution in [-0.2, 0) is 4.79 Å². The number of amides is 1. The van der Waals surface area contributed by atoms with Gasteiger partial charge in [-0.25, -0.2) is 0 Å². The number of nitrogens with one attached hydrogen (secondary N) is 1. The van der Waals surface area contributed by atoms with Crippen molar-refractivity contribution < 1.29 is 4.79 Å². The van der Waals surface area contributed by atoms with Gasteiger partial charge in [0.1, 0.15) is 0 Å². The summed E-state index contributed by atoms with van der Waals surface area (Å²) in [5.74, 6) is 0.0643. The Balaban J connectivity index is 2.60. The van der Waals surface area contributed by atoms with Crippen molar-refractivity contribution in [3.63, 3.8) is 0 Å². The Morgan fingerprint density at radius 3 is 2.92 bits per heavy atom. The van der Waals surface area contributed by atoms with E-state index in [2.05, 4.69) is 21.2 Å². The van der Waals surface area contributed by atoms with Gasteiger partial charge in [0.25, 0.3) is 0 Å². The molecule has 0 fully saturated rings. The lowest BCUT2D eigenvalue weighted by Crippen LogP contribution is -2.08. The van der Waals surface area contributed by atoms with E-state index < -0.39 is 0 Å². The van der Waals surface area contributed by atoms with Crippen molar-refractivity contribution in [1.82, 2.24) is 0 Å². The van der Waals surface area contributed by atoms with E-state index in [1.165, 1.54) is 0 Å². The van der Waals surface area contributed by atoms with Crippen LogP contribution in [-0.4, -0.2) is 5.91 Å². The van der Waals surface area contributed by atoms with Gasteiger partial charge >= 0.3 is 0 Å². The van der Waals surface area contributed by atoms with Crippen molar-refractivity contribution in [3.05, 3.63) is 28.2 Å². The molecule has 12 heavy (non-hydrogen) atoms. The van der Waals surface area contributed by atoms with E-state index in [1.54, 1.807) is 0 Å². The minimum atomic E-state index is -0.0162. The molecule has 1 atom stereocenters. The first-order chi connectivity index (χ1) is 5.70. The topological polar surface area (TPSA) is 29.1 Å². The van der Waals surface area contributed by atoms with E-state index >= 15 is 0 Å². The number of anilines is 1. The molecule has 0 radical (unpaired) electrons. The zero-order chi connectivity index (χ0) is 8.72. The molecule has 1 aromatic carbocycles. The molecule has 62 valence electrons. The monoisotopic (exact) mass is 225 g/mol. The van der Waals surface area contributed by atoms with Gasteiger partial charge in [0.15, 0.2) is 0 Å². The second-order valence-electron chi connectivity index (χ2n) is 2.92. The van der Waals surface area contributed by atoms with Crippen LogP contribution in [0.25, 0.3) is 0 Å². The number of halogens is 1. The lowest BCUT2D eigenvalue weighted by atomic mass is 10.0. The molecule has 3 heteroatoms. The van der Waals surface area contributed by atoms with Crippen LogP contribution in [0.4, 0.5) is 5.69 Å². The van der Waals surface area contributed by atoms with E-state index in [9.17, 15) is 4.79 Å². The zero-order valence-corrected chi connectivity index (χ0v) is 8.18. The van der Waals surface area contributed by atoms with Gasteiger partial charge in [-0.3, -0.25) is 4.79 Å². The summed E-state index contributed by atoms with van der Waals surface area (Å²) >= 11 is 3.39. The number of fused-ring (bicyclic) bond motifs is 1. The third-order valence-corrected chi connectivity index (χ3v) is 2.81. The highest BCUT2D eigenvalue weighted by molar-refractivity contribution is 9.10. The third-order valence-electron chi connectivity index (χ3n) is 2.15. The Kier molecular flexibility index (Phi) is 1.68. The van der Waals surface area contributed by atoms with Gasteiger partial charge in [0.2, 0.25) is 5.91 Å². The molecule has 2 rings (SSSR count). The van der Waals surface area contributed by atoms with Gasteiger partial charge in [0.05, 0.1) is 11.6 Å². The average molecular weight is 226 g/mol. The maximum atomic E-state index is 11.3. The first-order valence-corrected chi connectivity index (χ1v) is 4.58. The normalized spacial score (nSPS) is 20.5. The molecule has 0 aliphatic carbocycles. The molecule has 1 aliphatic heterocycles. The highest BCUT2D eigenvalue weighted by atomic mass is 79.9. The Bertz CT molecular complexity index is 348. The Morgan fingerprint density at radius 1 is 1.50 bits per heavy atom. The molecule has 0 saturated carbocycles. The predicted molar refractivity (Wildman–Crippen MR) is 51.2 cm³/mol. The van der Waals surface area contributed by atoms with Crippen LogP contribution < -0.4 is 5.32 Å². The van der Waals surface area contributed by atoms with Crippen molar-refractivity contribution in [3.8, 4) is 0 Å².